The number of rotatable bonds is 3. The van der Waals surface area contributed by atoms with Crippen LogP contribution >= 0.6 is 23.2 Å². The molecule has 1 aliphatic heterocycles. The fourth-order valence-electron chi connectivity index (χ4n) is 2.62. The smallest absolute Gasteiger partial charge is 0.0595 e. The van der Waals surface area contributed by atoms with E-state index in [-0.39, 0.29) is 6.04 Å². The van der Waals surface area contributed by atoms with E-state index in [1.54, 1.807) is 0 Å². The van der Waals surface area contributed by atoms with Gasteiger partial charge in [0.15, 0.2) is 0 Å². The maximum Gasteiger partial charge on any atom is 0.0595 e. The van der Waals surface area contributed by atoms with Crippen molar-refractivity contribution < 1.29 is 4.74 Å². The normalized spacial score (nSPS) is 26.0. The van der Waals surface area contributed by atoms with Gasteiger partial charge in [0.25, 0.3) is 0 Å². The van der Waals surface area contributed by atoms with E-state index in [0.717, 1.165) is 31.6 Å². The Labute approximate surface area is 118 Å². The first-order chi connectivity index (χ1) is 8.58. The summed E-state index contributed by atoms with van der Waals surface area (Å²) in [6, 6.07) is 5.90. The number of benzene rings is 1. The number of nitrogens with two attached hydrogens (primary N) is 1. The Morgan fingerprint density at radius 2 is 2.17 bits per heavy atom. The van der Waals surface area contributed by atoms with Crippen molar-refractivity contribution in [2.24, 2.45) is 17.6 Å². The fourth-order valence-corrected chi connectivity index (χ4v) is 2.94. The third-order valence-electron chi connectivity index (χ3n) is 3.71. The molecule has 100 valence electrons. The molecule has 4 heteroatoms. The Morgan fingerprint density at radius 1 is 1.39 bits per heavy atom. The van der Waals surface area contributed by atoms with E-state index in [4.69, 9.17) is 33.7 Å². The Kier molecular flexibility index (Phi) is 4.91. The van der Waals surface area contributed by atoms with Crippen LogP contribution in [0.15, 0.2) is 18.2 Å². The van der Waals surface area contributed by atoms with E-state index in [1.165, 1.54) is 0 Å². The average Bonchev–Trinajstić information content (AvgIpc) is 2.34. The van der Waals surface area contributed by atoms with Crippen molar-refractivity contribution in [2.75, 3.05) is 13.2 Å². The van der Waals surface area contributed by atoms with Gasteiger partial charge in [0.05, 0.1) is 10.0 Å². The molecular weight excluding hydrogens is 269 g/mol. The van der Waals surface area contributed by atoms with Crippen molar-refractivity contribution in [2.45, 2.75) is 25.8 Å². The number of hydrogen-bond donors (Lipinski definition) is 1. The summed E-state index contributed by atoms with van der Waals surface area (Å²) in [7, 11) is 0. The number of halogens is 2. The van der Waals surface area contributed by atoms with Gasteiger partial charge in [0, 0.05) is 19.3 Å². The second kappa shape index (κ2) is 6.25. The molecule has 1 aromatic rings. The largest absolute Gasteiger partial charge is 0.381 e. The van der Waals surface area contributed by atoms with Gasteiger partial charge in [-0.15, -0.1) is 0 Å². The molecule has 0 aromatic heterocycles. The molecule has 1 saturated heterocycles. The summed E-state index contributed by atoms with van der Waals surface area (Å²) in [5, 5.41) is 1.19. The lowest BCUT2D eigenvalue weighted by Gasteiger charge is -2.33. The van der Waals surface area contributed by atoms with Gasteiger partial charge in [0.1, 0.15) is 0 Å². The second-order valence-electron chi connectivity index (χ2n) is 5.12. The van der Waals surface area contributed by atoms with Gasteiger partial charge in [-0.3, -0.25) is 0 Å². The van der Waals surface area contributed by atoms with Crippen LogP contribution in [0.5, 0.6) is 0 Å². The summed E-state index contributed by atoms with van der Waals surface area (Å²) in [5.41, 5.74) is 7.48. The molecule has 3 unspecified atom stereocenters. The molecule has 2 nitrogen and oxygen atoms in total. The van der Waals surface area contributed by atoms with Gasteiger partial charge in [-0.1, -0.05) is 36.2 Å². The molecule has 0 aliphatic carbocycles. The Hall–Kier alpha value is -0.280. The van der Waals surface area contributed by atoms with Gasteiger partial charge in [-0.25, -0.2) is 0 Å². The van der Waals surface area contributed by atoms with Crippen molar-refractivity contribution in [1.82, 2.24) is 0 Å². The summed E-state index contributed by atoms with van der Waals surface area (Å²) < 4.78 is 5.45. The highest BCUT2D eigenvalue weighted by Gasteiger charge is 2.27. The van der Waals surface area contributed by atoms with E-state index in [0.29, 0.717) is 21.9 Å². The predicted octanol–water partition coefficient (Wildman–Crippen LogP) is 3.54. The van der Waals surface area contributed by atoms with Crippen molar-refractivity contribution >= 4 is 23.2 Å². The van der Waals surface area contributed by atoms with E-state index < -0.39 is 0 Å². The minimum Gasteiger partial charge on any atom is -0.381 e. The van der Waals surface area contributed by atoms with Crippen LogP contribution in [0.3, 0.4) is 0 Å². The lowest BCUT2D eigenvalue weighted by Crippen LogP contribution is -2.40. The standard InChI is InChI=1S/C14H19Cl2NO/c1-9-8-18-5-4-11(9)14(17)7-10-2-3-12(15)13(16)6-10/h2-3,6,9,11,14H,4-5,7-8,17H2,1H3. The molecule has 1 aromatic carbocycles. The molecule has 0 spiro atoms. The number of ether oxygens (including phenoxy) is 1. The minimum absolute atomic E-state index is 0.154. The van der Waals surface area contributed by atoms with E-state index in [9.17, 15) is 0 Å². The van der Waals surface area contributed by atoms with Crippen LogP contribution in [-0.4, -0.2) is 19.3 Å². The van der Waals surface area contributed by atoms with Crippen molar-refractivity contribution in [1.29, 1.82) is 0 Å². The maximum atomic E-state index is 6.33. The lowest BCUT2D eigenvalue weighted by atomic mass is 9.81. The molecule has 0 radical (unpaired) electrons. The highest BCUT2D eigenvalue weighted by Crippen LogP contribution is 2.27. The first-order valence-electron chi connectivity index (χ1n) is 6.35. The zero-order chi connectivity index (χ0) is 13.1. The molecule has 1 aliphatic rings. The zero-order valence-electron chi connectivity index (χ0n) is 10.5. The summed E-state index contributed by atoms with van der Waals surface area (Å²) in [5.74, 6) is 1.05. The SMILES string of the molecule is CC1COCCC1C(N)Cc1ccc(Cl)c(Cl)c1. The molecule has 1 heterocycles. The second-order valence-corrected chi connectivity index (χ2v) is 5.94. The summed E-state index contributed by atoms with van der Waals surface area (Å²) in [4.78, 5) is 0. The monoisotopic (exact) mass is 287 g/mol. The summed E-state index contributed by atoms with van der Waals surface area (Å²) in [6.45, 7) is 3.85. The van der Waals surface area contributed by atoms with Crippen molar-refractivity contribution in [3.8, 4) is 0 Å². The predicted molar refractivity (Wildman–Crippen MR) is 76.2 cm³/mol. The maximum absolute atomic E-state index is 6.33. The number of hydrogen-bond acceptors (Lipinski definition) is 2. The minimum atomic E-state index is 0.154. The molecule has 18 heavy (non-hydrogen) atoms. The van der Waals surface area contributed by atoms with E-state index in [2.05, 4.69) is 6.92 Å². The van der Waals surface area contributed by atoms with E-state index in [1.807, 2.05) is 18.2 Å². The molecule has 0 amide bonds. The Bertz CT molecular complexity index is 411. The van der Waals surface area contributed by atoms with Gasteiger partial charge in [-0.2, -0.15) is 0 Å². The average molecular weight is 288 g/mol. The Balaban J connectivity index is 2.01. The van der Waals surface area contributed by atoms with Gasteiger partial charge < -0.3 is 10.5 Å². The van der Waals surface area contributed by atoms with Crippen molar-refractivity contribution in [3.63, 3.8) is 0 Å². The molecule has 3 atom stereocenters. The molecule has 0 bridgehead atoms. The third-order valence-corrected chi connectivity index (χ3v) is 4.45. The van der Waals surface area contributed by atoms with Crippen LogP contribution in [0.1, 0.15) is 18.9 Å². The topological polar surface area (TPSA) is 35.2 Å². The van der Waals surface area contributed by atoms with Crippen LogP contribution in [0.25, 0.3) is 0 Å². The third kappa shape index (κ3) is 3.39. The summed E-state index contributed by atoms with van der Waals surface area (Å²) >= 11 is 11.9. The molecular formula is C14H19Cl2NO. The zero-order valence-corrected chi connectivity index (χ0v) is 12.0. The van der Waals surface area contributed by atoms with Crippen LogP contribution in [-0.2, 0) is 11.2 Å². The first-order valence-corrected chi connectivity index (χ1v) is 7.10. The van der Waals surface area contributed by atoms with Crippen LogP contribution in [0.4, 0.5) is 0 Å². The molecule has 1 fully saturated rings. The molecule has 2 rings (SSSR count). The molecule has 2 N–H and O–H groups in total. The van der Waals surface area contributed by atoms with Gasteiger partial charge in [0.2, 0.25) is 0 Å². The highest BCUT2D eigenvalue weighted by molar-refractivity contribution is 6.42. The van der Waals surface area contributed by atoms with Gasteiger partial charge >= 0.3 is 0 Å². The van der Waals surface area contributed by atoms with E-state index >= 15 is 0 Å². The fraction of sp³-hybridized carbons (Fsp3) is 0.571. The quantitative estimate of drug-likeness (QED) is 0.923. The lowest BCUT2D eigenvalue weighted by molar-refractivity contribution is 0.0157. The summed E-state index contributed by atoms with van der Waals surface area (Å²) in [6.07, 6.45) is 1.88. The Morgan fingerprint density at radius 3 is 2.83 bits per heavy atom. The highest BCUT2D eigenvalue weighted by atomic mass is 35.5. The van der Waals surface area contributed by atoms with Crippen LogP contribution < -0.4 is 5.73 Å². The van der Waals surface area contributed by atoms with Crippen molar-refractivity contribution in [3.05, 3.63) is 33.8 Å². The molecule has 0 saturated carbocycles. The first kappa shape index (κ1) is 14.1. The van der Waals surface area contributed by atoms with Crippen LogP contribution in [0, 0.1) is 11.8 Å². The van der Waals surface area contributed by atoms with Gasteiger partial charge in [-0.05, 0) is 42.4 Å². The van der Waals surface area contributed by atoms with Crippen LogP contribution in [0.2, 0.25) is 10.0 Å².